The van der Waals surface area contributed by atoms with E-state index in [1.54, 1.807) is 55.5 Å². The van der Waals surface area contributed by atoms with Crippen LogP contribution in [0.3, 0.4) is 0 Å². The number of aromatic nitrogens is 1. The quantitative estimate of drug-likeness (QED) is 0.224. The Balaban J connectivity index is 1.48. The van der Waals surface area contributed by atoms with Gasteiger partial charge in [0, 0.05) is 17.8 Å². The largest absolute Gasteiger partial charge is 0.487 e. The van der Waals surface area contributed by atoms with Crippen LogP contribution in [-0.4, -0.2) is 36.8 Å². The number of carbonyl (C=O) groups excluding carboxylic acids is 1. The smallest absolute Gasteiger partial charge is 0.321 e. The van der Waals surface area contributed by atoms with Crippen LogP contribution in [0.25, 0.3) is 11.5 Å². The lowest BCUT2D eigenvalue weighted by Crippen LogP contribution is -2.39. The first kappa shape index (κ1) is 28.8. The fraction of sp³-hybridized carbons (Fsp3) is 0.267. The van der Waals surface area contributed by atoms with Crippen molar-refractivity contribution in [2.24, 2.45) is 0 Å². The minimum absolute atomic E-state index is 0.0717. The Morgan fingerprint density at radius 3 is 2.33 bits per heavy atom. The summed E-state index contributed by atoms with van der Waals surface area (Å²) in [5.41, 5.74) is 4.71. The normalized spacial score (nSPS) is 11.4. The number of hydrogen-bond acceptors (Lipinski definition) is 7. The molecule has 0 bridgehead atoms. The summed E-state index contributed by atoms with van der Waals surface area (Å²) in [4.78, 5) is 16.9. The van der Waals surface area contributed by atoms with Crippen LogP contribution in [0.15, 0.2) is 77.2 Å². The minimum Gasteiger partial charge on any atom is -0.487 e. The highest BCUT2D eigenvalue weighted by Gasteiger charge is 2.26. The van der Waals surface area contributed by atoms with Crippen molar-refractivity contribution in [3.63, 3.8) is 0 Å². The van der Waals surface area contributed by atoms with Gasteiger partial charge in [0.25, 0.3) is 0 Å². The van der Waals surface area contributed by atoms with Crippen molar-refractivity contribution in [1.82, 2.24) is 9.29 Å². The first-order valence-corrected chi connectivity index (χ1v) is 14.3. The van der Waals surface area contributed by atoms with E-state index in [0.717, 1.165) is 21.0 Å². The van der Waals surface area contributed by atoms with Gasteiger partial charge in [-0.25, -0.2) is 4.98 Å². The third-order valence-electron chi connectivity index (χ3n) is 6.07. The van der Waals surface area contributed by atoms with Gasteiger partial charge in [0.1, 0.15) is 30.4 Å². The van der Waals surface area contributed by atoms with Crippen molar-refractivity contribution in [3.8, 4) is 17.2 Å². The molecular weight excluding hydrogens is 530 g/mol. The van der Waals surface area contributed by atoms with Gasteiger partial charge in [0.05, 0.1) is 6.61 Å². The highest BCUT2D eigenvalue weighted by molar-refractivity contribution is 7.90. The van der Waals surface area contributed by atoms with Crippen LogP contribution in [-0.2, 0) is 32.9 Å². The number of nitrogens with zero attached hydrogens (tertiary/aromatic N) is 2. The van der Waals surface area contributed by atoms with Crippen LogP contribution in [0.4, 0.5) is 5.69 Å². The molecule has 3 aromatic carbocycles. The number of benzene rings is 3. The van der Waals surface area contributed by atoms with E-state index in [4.69, 9.17) is 13.9 Å². The number of anilines is 1. The topological polar surface area (TPSA) is 111 Å². The fourth-order valence-corrected chi connectivity index (χ4v) is 5.04. The second-order valence-electron chi connectivity index (χ2n) is 9.37. The SMILES string of the molecule is CCOC(=O)CN(Cc1cccc(OCc2nc(-c3ccc(C)cc3)oc2C)c1)S(=O)(=O)Nc1ccc(C)cc1. The first-order valence-electron chi connectivity index (χ1n) is 12.9. The number of oxazole rings is 1. The molecule has 4 rings (SSSR count). The zero-order chi connectivity index (χ0) is 28.7. The first-order chi connectivity index (χ1) is 19.1. The summed E-state index contributed by atoms with van der Waals surface area (Å²) in [5, 5.41) is 0. The van der Waals surface area contributed by atoms with E-state index >= 15 is 0 Å². The van der Waals surface area contributed by atoms with Crippen LogP contribution in [0.1, 0.15) is 35.1 Å². The third kappa shape index (κ3) is 7.71. The Morgan fingerprint density at radius 1 is 0.975 bits per heavy atom. The Labute approximate surface area is 234 Å². The van der Waals surface area contributed by atoms with Crippen molar-refractivity contribution in [2.45, 2.75) is 40.8 Å². The summed E-state index contributed by atoms with van der Waals surface area (Å²) in [6.07, 6.45) is 0. The zero-order valence-electron chi connectivity index (χ0n) is 23.0. The molecule has 0 fully saturated rings. The molecule has 1 aromatic heterocycles. The Kier molecular flexibility index (Phi) is 9.23. The number of carbonyl (C=O) groups is 1. The van der Waals surface area contributed by atoms with Crippen molar-refractivity contribution < 1.29 is 27.1 Å². The molecule has 1 N–H and O–H groups in total. The monoisotopic (exact) mass is 563 g/mol. The molecule has 0 amide bonds. The van der Waals surface area contributed by atoms with Gasteiger partial charge < -0.3 is 13.9 Å². The molecule has 0 aliphatic rings. The molecule has 0 unspecified atom stereocenters. The molecule has 40 heavy (non-hydrogen) atoms. The van der Waals surface area contributed by atoms with Gasteiger partial charge in [0.15, 0.2) is 0 Å². The molecule has 210 valence electrons. The molecule has 0 spiro atoms. The Morgan fingerprint density at radius 2 is 1.65 bits per heavy atom. The van der Waals surface area contributed by atoms with Crippen LogP contribution < -0.4 is 9.46 Å². The lowest BCUT2D eigenvalue weighted by Gasteiger charge is -2.22. The summed E-state index contributed by atoms with van der Waals surface area (Å²) in [7, 11) is -4.08. The number of aryl methyl sites for hydroxylation is 3. The highest BCUT2D eigenvalue weighted by atomic mass is 32.2. The van der Waals surface area contributed by atoms with Crippen LogP contribution in [0.2, 0.25) is 0 Å². The number of rotatable bonds is 12. The van der Waals surface area contributed by atoms with Crippen LogP contribution in [0, 0.1) is 20.8 Å². The number of nitrogens with one attached hydrogen (secondary N) is 1. The van der Waals surface area contributed by atoms with Crippen molar-refractivity contribution >= 4 is 21.9 Å². The van der Waals surface area contributed by atoms with Crippen molar-refractivity contribution in [3.05, 3.63) is 101 Å². The average Bonchev–Trinajstić information content (AvgIpc) is 3.29. The fourth-order valence-electron chi connectivity index (χ4n) is 3.88. The second-order valence-corrected chi connectivity index (χ2v) is 11.0. The molecule has 9 nitrogen and oxygen atoms in total. The summed E-state index contributed by atoms with van der Waals surface area (Å²) in [5.74, 6) is 1.05. The van der Waals surface area contributed by atoms with Gasteiger partial charge in [-0.1, -0.05) is 47.5 Å². The minimum atomic E-state index is -4.08. The van der Waals surface area contributed by atoms with E-state index in [9.17, 15) is 13.2 Å². The van der Waals surface area contributed by atoms with Crippen LogP contribution in [0.5, 0.6) is 5.75 Å². The van der Waals surface area contributed by atoms with E-state index < -0.39 is 22.7 Å². The summed E-state index contributed by atoms with van der Waals surface area (Å²) < 4.78 is 46.9. The molecule has 0 aliphatic heterocycles. The molecule has 0 atom stereocenters. The lowest BCUT2D eigenvalue weighted by atomic mass is 10.1. The maximum Gasteiger partial charge on any atom is 0.321 e. The van der Waals surface area contributed by atoms with Gasteiger partial charge in [-0.3, -0.25) is 9.52 Å². The predicted octanol–water partition coefficient (Wildman–Crippen LogP) is 5.57. The number of ether oxygens (including phenoxy) is 2. The molecule has 1 heterocycles. The molecule has 0 saturated heterocycles. The van der Waals surface area contributed by atoms with E-state index in [2.05, 4.69) is 9.71 Å². The Hall–Kier alpha value is -4.15. The van der Waals surface area contributed by atoms with Crippen LogP contribution >= 0.6 is 0 Å². The number of esters is 1. The Bertz CT molecular complexity index is 1550. The molecule has 4 aromatic rings. The lowest BCUT2D eigenvalue weighted by molar-refractivity contribution is -0.143. The standard InChI is InChI=1S/C30H33N3O6S/c1-5-37-29(34)19-33(40(35,36)32-26-15-11-22(3)12-16-26)18-24-7-6-8-27(17-24)38-20-28-23(4)39-30(31-28)25-13-9-21(2)10-14-25/h6-17,32H,5,18-20H2,1-4H3. The van der Waals surface area contributed by atoms with E-state index in [-0.39, 0.29) is 19.8 Å². The maximum atomic E-state index is 13.3. The molecule has 10 heteroatoms. The average molecular weight is 564 g/mol. The molecular formula is C30H33N3O6S. The molecule has 0 saturated carbocycles. The highest BCUT2D eigenvalue weighted by Crippen LogP contribution is 2.24. The predicted molar refractivity (Wildman–Crippen MR) is 153 cm³/mol. The van der Waals surface area contributed by atoms with E-state index in [1.807, 2.05) is 45.0 Å². The second kappa shape index (κ2) is 12.8. The number of hydrogen-bond donors (Lipinski definition) is 1. The van der Waals surface area contributed by atoms with Gasteiger partial charge in [-0.2, -0.15) is 12.7 Å². The molecule has 0 radical (unpaired) electrons. The summed E-state index contributed by atoms with van der Waals surface area (Å²) in [6, 6.07) is 21.9. The van der Waals surface area contributed by atoms with Gasteiger partial charge >= 0.3 is 16.2 Å². The van der Waals surface area contributed by atoms with Crippen molar-refractivity contribution in [2.75, 3.05) is 17.9 Å². The molecule has 0 aliphatic carbocycles. The van der Waals surface area contributed by atoms with E-state index in [1.165, 1.54) is 0 Å². The maximum absolute atomic E-state index is 13.3. The van der Waals surface area contributed by atoms with Gasteiger partial charge in [-0.15, -0.1) is 0 Å². The van der Waals surface area contributed by atoms with E-state index in [0.29, 0.717) is 34.3 Å². The third-order valence-corrected chi connectivity index (χ3v) is 7.50. The summed E-state index contributed by atoms with van der Waals surface area (Å²) >= 11 is 0. The summed E-state index contributed by atoms with van der Waals surface area (Å²) in [6.45, 7) is 7.23. The zero-order valence-corrected chi connectivity index (χ0v) is 23.8. The van der Waals surface area contributed by atoms with Gasteiger partial charge in [-0.05, 0) is 69.7 Å². The van der Waals surface area contributed by atoms with Crippen molar-refractivity contribution in [1.29, 1.82) is 0 Å². The van der Waals surface area contributed by atoms with Gasteiger partial charge in [0.2, 0.25) is 5.89 Å².